The van der Waals surface area contributed by atoms with Gasteiger partial charge in [0.25, 0.3) is 10.0 Å². The van der Waals surface area contributed by atoms with Crippen LogP contribution in [-0.4, -0.2) is 14.2 Å². The molecule has 0 unspecified atom stereocenters. The molecule has 0 aliphatic heterocycles. The number of ketones is 1. The third-order valence-electron chi connectivity index (χ3n) is 4.03. The molecule has 0 heterocycles. The second-order valence-corrected chi connectivity index (χ2v) is 7.94. The van der Waals surface area contributed by atoms with E-state index in [-0.39, 0.29) is 10.7 Å². The fourth-order valence-electron chi connectivity index (χ4n) is 2.54. The molecule has 0 aromatic heterocycles. The van der Waals surface area contributed by atoms with Gasteiger partial charge in [0.15, 0.2) is 5.78 Å². The number of sulfonamides is 1. The summed E-state index contributed by atoms with van der Waals surface area (Å²) >= 11 is 0. The average Bonchev–Trinajstić information content (AvgIpc) is 2.64. The summed E-state index contributed by atoms with van der Waals surface area (Å²) in [6.07, 6.45) is 0. The summed E-state index contributed by atoms with van der Waals surface area (Å²) in [5, 5.41) is 3.20. The molecule has 0 saturated carbocycles. The smallest absolute Gasteiger partial charge is 0.261 e. The molecule has 3 aromatic carbocycles. The highest BCUT2D eigenvalue weighted by Gasteiger charge is 2.13. The van der Waals surface area contributed by atoms with Gasteiger partial charge in [-0.2, -0.15) is 0 Å². The molecule has 3 aromatic rings. The minimum Gasteiger partial charge on any atom is -0.356 e. The average molecular weight is 380 g/mol. The van der Waals surface area contributed by atoms with Crippen LogP contribution >= 0.6 is 0 Å². The lowest BCUT2D eigenvalue weighted by Crippen LogP contribution is -2.12. The minimum atomic E-state index is -3.62. The number of carbonyl (C=O) groups is 1. The SMILES string of the molecule is CC(=O)c1cccc(Nc2ccc(NS(=O)(=O)c3ccc(C)cc3)cc2)c1. The number of rotatable bonds is 6. The number of hydrogen-bond acceptors (Lipinski definition) is 4. The van der Waals surface area contributed by atoms with Crippen molar-refractivity contribution in [2.24, 2.45) is 0 Å². The highest BCUT2D eigenvalue weighted by molar-refractivity contribution is 7.92. The summed E-state index contributed by atoms with van der Waals surface area (Å²) in [6, 6.07) is 20.8. The van der Waals surface area contributed by atoms with Gasteiger partial charge in [-0.3, -0.25) is 9.52 Å². The number of Topliss-reactive ketones (excluding diaryl/α,β-unsaturated/α-hetero) is 1. The summed E-state index contributed by atoms with van der Waals surface area (Å²) < 4.78 is 27.4. The van der Waals surface area contributed by atoms with Gasteiger partial charge in [-0.15, -0.1) is 0 Å². The van der Waals surface area contributed by atoms with Gasteiger partial charge in [-0.1, -0.05) is 29.8 Å². The van der Waals surface area contributed by atoms with Crippen molar-refractivity contribution in [1.29, 1.82) is 0 Å². The maximum atomic E-state index is 12.4. The molecule has 6 heteroatoms. The Morgan fingerprint density at radius 2 is 1.44 bits per heavy atom. The van der Waals surface area contributed by atoms with Crippen LogP contribution in [0, 0.1) is 6.92 Å². The van der Waals surface area contributed by atoms with Crippen LogP contribution < -0.4 is 10.0 Å². The number of anilines is 3. The second kappa shape index (κ2) is 7.63. The molecule has 0 aliphatic carbocycles. The quantitative estimate of drug-likeness (QED) is 0.606. The van der Waals surface area contributed by atoms with E-state index in [9.17, 15) is 13.2 Å². The summed E-state index contributed by atoms with van der Waals surface area (Å²) in [6.45, 7) is 3.43. The highest BCUT2D eigenvalue weighted by atomic mass is 32.2. The first-order valence-electron chi connectivity index (χ1n) is 8.41. The molecular formula is C21H20N2O3S. The Bertz CT molecular complexity index is 1060. The lowest BCUT2D eigenvalue weighted by molar-refractivity contribution is 0.101. The lowest BCUT2D eigenvalue weighted by atomic mass is 10.1. The molecule has 0 atom stereocenters. The van der Waals surface area contributed by atoms with Crippen LogP contribution in [0.2, 0.25) is 0 Å². The molecular weight excluding hydrogens is 360 g/mol. The molecule has 0 bridgehead atoms. The number of aryl methyl sites for hydroxylation is 1. The van der Waals surface area contributed by atoms with Gasteiger partial charge < -0.3 is 5.32 Å². The third-order valence-corrected chi connectivity index (χ3v) is 5.42. The van der Waals surface area contributed by atoms with Gasteiger partial charge in [-0.25, -0.2) is 8.42 Å². The molecule has 5 nitrogen and oxygen atoms in total. The van der Waals surface area contributed by atoms with E-state index in [4.69, 9.17) is 0 Å². The van der Waals surface area contributed by atoms with Crippen LogP contribution in [0.5, 0.6) is 0 Å². The molecule has 0 fully saturated rings. The number of carbonyl (C=O) groups excluding carboxylic acids is 1. The van der Waals surface area contributed by atoms with Crippen molar-refractivity contribution in [3.63, 3.8) is 0 Å². The van der Waals surface area contributed by atoms with E-state index in [0.717, 1.165) is 16.9 Å². The topological polar surface area (TPSA) is 75.3 Å². The molecule has 0 aliphatic rings. The van der Waals surface area contributed by atoms with E-state index in [1.165, 1.54) is 6.92 Å². The molecule has 2 N–H and O–H groups in total. The van der Waals surface area contributed by atoms with E-state index in [2.05, 4.69) is 10.0 Å². The van der Waals surface area contributed by atoms with Gasteiger partial charge in [0.05, 0.1) is 4.90 Å². The van der Waals surface area contributed by atoms with Gasteiger partial charge in [0.1, 0.15) is 0 Å². The van der Waals surface area contributed by atoms with Crippen LogP contribution in [0.1, 0.15) is 22.8 Å². The Morgan fingerprint density at radius 3 is 2.07 bits per heavy atom. The predicted octanol–water partition coefficient (Wildman–Crippen LogP) is 4.74. The molecule has 27 heavy (non-hydrogen) atoms. The second-order valence-electron chi connectivity index (χ2n) is 6.26. The van der Waals surface area contributed by atoms with Gasteiger partial charge in [0.2, 0.25) is 0 Å². The van der Waals surface area contributed by atoms with Crippen molar-refractivity contribution in [3.8, 4) is 0 Å². The standard InChI is InChI=1S/C21H20N2O3S/c1-15-6-12-21(13-7-15)27(25,26)23-19-10-8-18(9-11-19)22-20-5-3-4-17(14-20)16(2)24/h3-14,22-23H,1-2H3. The van der Waals surface area contributed by atoms with Crippen molar-refractivity contribution in [2.75, 3.05) is 10.0 Å². The first-order chi connectivity index (χ1) is 12.8. The predicted molar refractivity (Wildman–Crippen MR) is 108 cm³/mol. The Labute approximate surface area is 159 Å². The monoisotopic (exact) mass is 380 g/mol. The molecule has 0 amide bonds. The molecule has 0 saturated heterocycles. The van der Waals surface area contributed by atoms with E-state index in [1.807, 2.05) is 19.1 Å². The molecule has 138 valence electrons. The van der Waals surface area contributed by atoms with Crippen molar-refractivity contribution < 1.29 is 13.2 Å². The molecule has 0 spiro atoms. The maximum Gasteiger partial charge on any atom is 0.261 e. The molecule has 3 rings (SSSR count). The van der Waals surface area contributed by atoms with Gasteiger partial charge in [0, 0.05) is 22.6 Å². The van der Waals surface area contributed by atoms with E-state index < -0.39 is 10.0 Å². The lowest BCUT2D eigenvalue weighted by Gasteiger charge is -2.11. The van der Waals surface area contributed by atoms with E-state index in [1.54, 1.807) is 60.7 Å². The van der Waals surface area contributed by atoms with Crippen LogP contribution in [0.25, 0.3) is 0 Å². The van der Waals surface area contributed by atoms with Crippen LogP contribution in [0.3, 0.4) is 0 Å². The van der Waals surface area contributed by atoms with E-state index in [0.29, 0.717) is 11.3 Å². The Morgan fingerprint density at radius 1 is 0.815 bits per heavy atom. The zero-order valence-corrected chi connectivity index (χ0v) is 15.9. The summed E-state index contributed by atoms with van der Waals surface area (Å²) in [5.41, 5.74) is 3.67. The first kappa shape index (κ1) is 18.7. The maximum absolute atomic E-state index is 12.4. The van der Waals surface area contributed by atoms with Gasteiger partial charge >= 0.3 is 0 Å². The largest absolute Gasteiger partial charge is 0.356 e. The van der Waals surface area contributed by atoms with Crippen LogP contribution in [-0.2, 0) is 10.0 Å². The normalized spacial score (nSPS) is 11.0. The summed E-state index contributed by atoms with van der Waals surface area (Å²) in [4.78, 5) is 11.7. The third kappa shape index (κ3) is 4.74. The Kier molecular flexibility index (Phi) is 5.28. The Balaban J connectivity index is 1.73. The van der Waals surface area contributed by atoms with Crippen molar-refractivity contribution >= 4 is 32.9 Å². The van der Waals surface area contributed by atoms with Gasteiger partial charge in [-0.05, 0) is 62.4 Å². The summed E-state index contributed by atoms with van der Waals surface area (Å²) in [5.74, 6) is -0.000453. The zero-order valence-electron chi connectivity index (χ0n) is 15.1. The van der Waals surface area contributed by atoms with Crippen molar-refractivity contribution in [3.05, 3.63) is 83.9 Å². The fourth-order valence-corrected chi connectivity index (χ4v) is 3.59. The molecule has 0 radical (unpaired) electrons. The van der Waals surface area contributed by atoms with Crippen molar-refractivity contribution in [2.45, 2.75) is 18.7 Å². The zero-order chi connectivity index (χ0) is 19.4. The number of nitrogens with one attached hydrogen (secondary N) is 2. The van der Waals surface area contributed by atoms with Crippen LogP contribution in [0.15, 0.2) is 77.7 Å². The minimum absolute atomic E-state index is 0.000453. The van der Waals surface area contributed by atoms with Crippen LogP contribution in [0.4, 0.5) is 17.1 Å². The summed E-state index contributed by atoms with van der Waals surface area (Å²) in [7, 11) is -3.62. The fraction of sp³-hybridized carbons (Fsp3) is 0.0952. The first-order valence-corrected chi connectivity index (χ1v) is 9.89. The highest BCUT2D eigenvalue weighted by Crippen LogP contribution is 2.22. The Hall–Kier alpha value is -3.12. The number of benzene rings is 3. The number of hydrogen-bond donors (Lipinski definition) is 2. The van der Waals surface area contributed by atoms with Crippen molar-refractivity contribution in [1.82, 2.24) is 0 Å². The van der Waals surface area contributed by atoms with E-state index >= 15 is 0 Å².